The van der Waals surface area contributed by atoms with Crippen molar-refractivity contribution >= 4 is 17.7 Å². The van der Waals surface area contributed by atoms with Crippen LogP contribution in [0.1, 0.15) is 53.5 Å². The van der Waals surface area contributed by atoms with Crippen LogP contribution in [0.2, 0.25) is 0 Å². The molecule has 0 spiro atoms. The van der Waals surface area contributed by atoms with Crippen molar-refractivity contribution in [3.63, 3.8) is 0 Å². The Kier molecular flexibility index (Phi) is 3.96. The van der Waals surface area contributed by atoms with E-state index in [0.29, 0.717) is 24.0 Å². The summed E-state index contributed by atoms with van der Waals surface area (Å²) in [5.41, 5.74) is 0.144. The summed E-state index contributed by atoms with van der Waals surface area (Å²) in [5, 5.41) is 0. The maximum Gasteiger partial charge on any atom is 0.262 e. The van der Waals surface area contributed by atoms with Crippen LogP contribution in [-0.2, 0) is 16.0 Å². The van der Waals surface area contributed by atoms with Crippen LogP contribution >= 0.6 is 0 Å². The van der Waals surface area contributed by atoms with Gasteiger partial charge in [-0.3, -0.25) is 19.3 Å². The Hall–Kier alpha value is -2.99. The van der Waals surface area contributed by atoms with Crippen LogP contribution in [0, 0.1) is 0 Å². The molecule has 3 atom stereocenters. The molecule has 0 bridgehead atoms. The van der Waals surface area contributed by atoms with Gasteiger partial charge in [0.25, 0.3) is 17.7 Å². The molecule has 3 amide bonds. The fraction of sp³-hybridized carbons (Fsp3) is 0.375. The van der Waals surface area contributed by atoms with Crippen molar-refractivity contribution in [3.8, 4) is 0 Å². The van der Waals surface area contributed by atoms with Crippen molar-refractivity contribution in [3.05, 3.63) is 71.3 Å². The number of hydrogen-bond acceptors (Lipinski definition) is 4. The van der Waals surface area contributed by atoms with Crippen molar-refractivity contribution in [2.45, 2.75) is 57.0 Å². The van der Waals surface area contributed by atoms with Crippen LogP contribution in [-0.4, -0.2) is 50.9 Å². The van der Waals surface area contributed by atoms with Crippen LogP contribution in [0.3, 0.4) is 0 Å². The molecular weight excluding hydrogens is 380 g/mol. The van der Waals surface area contributed by atoms with Gasteiger partial charge in [-0.1, -0.05) is 42.5 Å². The quantitative estimate of drug-likeness (QED) is 0.583. The molecular formula is C24H24N2O4. The number of fused-ring (bicyclic) bond motifs is 2. The number of carbonyl (C=O) groups is 3. The highest BCUT2D eigenvalue weighted by molar-refractivity contribution is 6.23. The molecule has 2 fully saturated rings. The van der Waals surface area contributed by atoms with E-state index in [-0.39, 0.29) is 12.0 Å². The van der Waals surface area contributed by atoms with E-state index in [1.165, 1.54) is 0 Å². The van der Waals surface area contributed by atoms with Crippen LogP contribution in [0.15, 0.2) is 54.6 Å². The highest BCUT2D eigenvalue weighted by atomic mass is 16.5. The van der Waals surface area contributed by atoms with Gasteiger partial charge in [-0.25, -0.2) is 0 Å². The maximum absolute atomic E-state index is 13.4. The molecule has 0 aliphatic carbocycles. The van der Waals surface area contributed by atoms with Crippen LogP contribution in [0.25, 0.3) is 0 Å². The van der Waals surface area contributed by atoms with Gasteiger partial charge in [0.05, 0.1) is 17.2 Å². The summed E-state index contributed by atoms with van der Waals surface area (Å²) in [4.78, 5) is 42.7. The zero-order chi connectivity index (χ0) is 21.3. The lowest BCUT2D eigenvalue weighted by Crippen LogP contribution is -2.87. The molecule has 0 saturated carbocycles. The highest BCUT2D eigenvalue weighted by Gasteiger charge is 2.71. The van der Waals surface area contributed by atoms with Gasteiger partial charge in [-0.05, 0) is 44.9 Å². The molecule has 2 aromatic carbocycles. The molecule has 6 heteroatoms. The minimum atomic E-state index is -1.08. The lowest BCUT2D eigenvalue weighted by Gasteiger charge is -2.67. The first-order valence-electron chi connectivity index (χ1n) is 10.3. The number of amides is 3. The molecule has 3 aliphatic heterocycles. The summed E-state index contributed by atoms with van der Waals surface area (Å²) >= 11 is 0. The summed E-state index contributed by atoms with van der Waals surface area (Å²) < 4.78 is 6.46. The first-order chi connectivity index (χ1) is 14.3. The third kappa shape index (κ3) is 2.43. The normalized spacial score (nSPS) is 29.5. The van der Waals surface area contributed by atoms with E-state index in [2.05, 4.69) is 0 Å². The smallest absolute Gasteiger partial charge is 0.262 e. The molecule has 6 nitrogen and oxygen atoms in total. The average Bonchev–Trinajstić information content (AvgIpc) is 2.92. The Morgan fingerprint density at radius 2 is 1.50 bits per heavy atom. The summed E-state index contributed by atoms with van der Waals surface area (Å²) in [6, 6.07) is 15.5. The van der Waals surface area contributed by atoms with Crippen molar-refractivity contribution < 1.29 is 19.1 Å². The molecule has 154 valence electrons. The molecule has 3 aliphatic rings. The van der Waals surface area contributed by atoms with Crippen molar-refractivity contribution in [1.82, 2.24) is 9.80 Å². The Labute approximate surface area is 175 Å². The molecule has 30 heavy (non-hydrogen) atoms. The van der Waals surface area contributed by atoms with Gasteiger partial charge in [-0.15, -0.1) is 0 Å². The van der Waals surface area contributed by atoms with Crippen LogP contribution < -0.4 is 0 Å². The number of carbonyl (C=O) groups excluding carboxylic acids is 3. The minimum absolute atomic E-state index is 0.120. The standard InChI is InChI=1S/C24H24N2O4/c1-15-13-23(2,3)26-22(29)19(24(26,30-15)14-16-9-5-4-6-10-16)25-20(27)17-11-7-8-12-18(17)21(25)28/h4-12,15,19H,13-14H2,1-3H3. The first-order valence-corrected chi connectivity index (χ1v) is 10.3. The maximum atomic E-state index is 13.4. The van der Waals surface area contributed by atoms with E-state index < -0.39 is 29.1 Å². The van der Waals surface area contributed by atoms with E-state index >= 15 is 0 Å². The molecule has 2 saturated heterocycles. The molecule has 5 rings (SSSR count). The van der Waals surface area contributed by atoms with Crippen LogP contribution in [0.4, 0.5) is 0 Å². The second-order valence-corrected chi connectivity index (χ2v) is 9.05. The summed E-state index contributed by atoms with van der Waals surface area (Å²) in [5.74, 6) is -1.10. The second kappa shape index (κ2) is 6.25. The monoisotopic (exact) mass is 404 g/mol. The zero-order valence-electron chi connectivity index (χ0n) is 17.3. The molecule has 2 aromatic rings. The Balaban J connectivity index is 1.62. The zero-order valence-corrected chi connectivity index (χ0v) is 17.3. The van der Waals surface area contributed by atoms with E-state index in [1.54, 1.807) is 29.2 Å². The number of imide groups is 1. The van der Waals surface area contributed by atoms with Gasteiger partial charge in [0, 0.05) is 12.0 Å². The Morgan fingerprint density at radius 1 is 0.933 bits per heavy atom. The van der Waals surface area contributed by atoms with E-state index in [1.807, 2.05) is 51.1 Å². The van der Waals surface area contributed by atoms with E-state index in [0.717, 1.165) is 10.5 Å². The number of ether oxygens (including phenoxy) is 1. The largest absolute Gasteiger partial charge is 0.349 e. The predicted molar refractivity (Wildman–Crippen MR) is 110 cm³/mol. The fourth-order valence-corrected chi connectivity index (χ4v) is 5.53. The van der Waals surface area contributed by atoms with Gasteiger partial charge >= 0.3 is 0 Å². The van der Waals surface area contributed by atoms with Gasteiger partial charge in [0.15, 0.2) is 11.8 Å². The number of hydrogen-bond donors (Lipinski definition) is 0. The SMILES string of the molecule is CC1CC(C)(C)N2C(=O)C(N3C(=O)c4ccccc4C3=O)C2(Cc2ccccc2)O1. The minimum Gasteiger partial charge on any atom is -0.349 e. The summed E-state index contributed by atoms with van der Waals surface area (Å²) in [6.45, 7) is 6.01. The van der Waals surface area contributed by atoms with E-state index in [4.69, 9.17) is 4.74 Å². The van der Waals surface area contributed by atoms with E-state index in [9.17, 15) is 14.4 Å². The van der Waals surface area contributed by atoms with Gasteiger partial charge in [0.1, 0.15) is 0 Å². The number of rotatable bonds is 3. The van der Waals surface area contributed by atoms with Crippen LogP contribution in [0.5, 0.6) is 0 Å². The Bertz CT molecular complexity index is 1030. The molecule has 3 heterocycles. The number of β-lactam (4-membered cyclic amide) rings is 1. The second-order valence-electron chi connectivity index (χ2n) is 9.05. The lowest BCUT2D eigenvalue weighted by molar-refractivity contribution is -0.304. The first kappa shape index (κ1) is 19.0. The molecule has 0 radical (unpaired) electrons. The number of benzene rings is 2. The topological polar surface area (TPSA) is 66.9 Å². The third-order valence-corrected chi connectivity index (χ3v) is 6.44. The van der Waals surface area contributed by atoms with Gasteiger partial charge in [-0.2, -0.15) is 0 Å². The van der Waals surface area contributed by atoms with Gasteiger partial charge in [0.2, 0.25) is 0 Å². The summed E-state index contributed by atoms with van der Waals surface area (Å²) in [6.07, 6.45) is 0.973. The third-order valence-electron chi connectivity index (χ3n) is 6.44. The van der Waals surface area contributed by atoms with Crippen molar-refractivity contribution in [2.75, 3.05) is 0 Å². The lowest BCUT2D eigenvalue weighted by atomic mass is 9.75. The fourth-order valence-electron chi connectivity index (χ4n) is 5.53. The predicted octanol–water partition coefficient (Wildman–Crippen LogP) is 3.02. The number of nitrogens with zero attached hydrogens (tertiary/aromatic N) is 2. The van der Waals surface area contributed by atoms with Crippen molar-refractivity contribution in [2.24, 2.45) is 0 Å². The van der Waals surface area contributed by atoms with Crippen molar-refractivity contribution in [1.29, 1.82) is 0 Å². The molecule has 3 unspecified atom stereocenters. The average molecular weight is 404 g/mol. The summed E-state index contributed by atoms with van der Waals surface area (Å²) in [7, 11) is 0. The Morgan fingerprint density at radius 3 is 2.10 bits per heavy atom. The van der Waals surface area contributed by atoms with Gasteiger partial charge < -0.3 is 9.64 Å². The molecule has 0 N–H and O–H groups in total. The highest BCUT2D eigenvalue weighted by Crippen LogP contribution is 2.51. The molecule has 0 aromatic heterocycles.